The van der Waals surface area contributed by atoms with Crippen molar-refractivity contribution in [3.63, 3.8) is 0 Å². The minimum Gasteiger partial charge on any atom is -0.489 e. The van der Waals surface area contributed by atoms with Gasteiger partial charge in [-0.25, -0.2) is 0 Å². The molecule has 0 bridgehead atoms. The van der Waals surface area contributed by atoms with E-state index >= 15 is 0 Å². The van der Waals surface area contributed by atoms with Gasteiger partial charge in [-0.05, 0) is 30.2 Å². The van der Waals surface area contributed by atoms with Gasteiger partial charge in [-0.2, -0.15) is 0 Å². The molecule has 0 radical (unpaired) electrons. The first-order chi connectivity index (χ1) is 11.3. The molecule has 0 spiro atoms. The lowest BCUT2D eigenvalue weighted by Gasteiger charge is -2.09. The zero-order valence-corrected chi connectivity index (χ0v) is 14.8. The molecule has 0 saturated carbocycles. The standard InChI is InChI=1S/C19H25NO3.ClH/c1-16-2-4-18(5-3-16)15-23-19-8-6-17(7-9-19)14-20-10-12-22-13-11-21;/h2-9,20-21H,10-15H2,1H3;1H. The summed E-state index contributed by atoms with van der Waals surface area (Å²) in [7, 11) is 0. The molecule has 4 nitrogen and oxygen atoms in total. The van der Waals surface area contributed by atoms with Crippen molar-refractivity contribution in [2.45, 2.75) is 20.1 Å². The summed E-state index contributed by atoms with van der Waals surface area (Å²) in [6.45, 7) is 5.31. The van der Waals surface area contributed by atoms with Gasteiger partial charge in [0.05, 0.1) is 19.8 Å². The second kappa shape index (κ2) is 11.9. The van der Waals surface area contributed by atoms with E-state index in [1.807, 2.05) is 12.1 Å². The number of benzene rings is 2. The van der Waals surface area contributed by atoms with Crippen molar-refractivity contribution in [3.8, 4) is 5.75 Å². The first-order valence-corrected chi connectivity index (χ1v) is 7.94. The molecule has 0 aliphatic heterocycles. The minimum atomic E-state index is 0. The van der Waals surface area contributed by atoms with Gasteiger partial charge in [0.2, 0.25) is 0 Å². The molecule has 0 aromatic heterocycles. The largest absolute Gasteiger partial charge is 0.489 e. The Morgan fingerprint density at radius 1 is 0.917 bits per heavy atom. The Morgan fingerprint density at radius 3 is 2.25 bits per heavy atom. The summed E-state index contributed by atoms with van der Waals surface area (Å²) >= 11 is 0. The van der Waals surface area contributed by atoms with Crippen molar-refractivity contribution in [2.24, 2.45) is 0 Å². The van der Waals surface area contributed by atoms with Crippen LogP contribution in [0.1, 0.15) is 16.7 Å². The van der Waals surface area contributed by atoms with E-state index in [-0.39, 0.29) is 19.0 Å². The average molecular weight is 352 g/mol. The van der Waals surface area contributed by atoms with Crippen LogP contribution in [0.3, 0.4) is 0 Å². The maximum atomic E-state index is 8.60. The third-order valence-corrected chi connectivity index (χ3v) is 3.44. The quantitative estimate of drug-likeness (QED) is 0.646. The van der Waals surface area contributed by atoms with Gasteiger partial charge in [-0.1, -0.05) is 42.0 Å². The Morgan fingerprint density at radius 2 is 1.58 bits per heavy atom. The second-order valence-electron chi connectivity index (χ2n) is 5.43. The average Bonchev–Trinajstić information content (AvgIpc) is 2.58. The predicted molar refractivity (Wildman–Crippen MR) is 98.8 cm³/mol. The lowest BCUT2D eigenvalue weighted by Crippen LogP contribution is -2.19. The highest BCUT2D eigenvalue weighted by Gasteiger charge is 1.98. The highest BCUT2D eigenvalue weighted by Crippen LogP contribution is 2.14. The third kappa shape index (κ3) is 7.79. The maximum absolute atomic E-state index is 8.60. The molecule has 0 amide bonds. The van der Waals surface area contributed by atoms with Gasteiger partial charge in [0.25, 0.3) is 0 Å². The van der Waals surface area contributed by atoms with Crippen LogP contribution in [0.25, 0.3) is 0 Å². The molecule has 0 aliphatic carbocycles. The summed E-state index contributed by atoms with van der Waals surface area (Å²) in [4.78, 5) is 0. The van der Waals surface area contributed by atoms with Gasteiger partial charge < -0.3 is 19.9 Å². The number of hydrogen-bond acceptors (Lipinski definition) is 4. The Bertz CT molecular complexity index is 558. The monoisotopic (exact) mass is 351 g/mol. The van der Waals surface area contributed by atoms with Crippen LogP contribution in [0.5, 0.6) is 5.75 Å². The number of hydrogen-bond donors (Lipinski definition) is 2. The molecule has 2 aromatic carbocycles. The topological polar surface area (TPSA) is 50.7 Å². The lowest BCUT2D eigenvalue weighted by molar-refractivity contribution is 0.0938. The fraction of sp³-hybridized carbons (Fsp3) is 0.368. The van der Waals surface area contributed by atoms with E-state index < -0.39 is 0 Å². The Labute approximate surface area is 150 Å². The summed E-state index contributed by atoms with van der Waals surface area (Å²) in [6.07, 6.45) is 0. The Balaban J connectivity index is 0.00000288. The molecule has 132 valence electrons. The number of aryl methyl sites for hydroxylation is 1. The van der Waals surface area contributed by atoms with E-state index in [0.29, 0.717) is 19.8 Å². The maximum Gasteiger partial charge on any atom is 0.119 e. The number of ether oxygens (including phenoxy) is 2. The van der Waals surface area contributed by atoms with Crippen molar-refractivity contribution in [1.82, 2.24) is 5.32 Å². The fourth-order valence-corrected chi connectivity index (χ4v) is 2.10. The van der Waals surface area contributed by atoms with Crippen molar-refractivity contribution in [3.05, 3.63) is 65.2 Å². The van der Waals surface area contributed by atoms with Crippen LogP contribution in [0.15, 0.2) is 48.5 Å². The number of nitrogens with one attached hydrogen (secondary N) is 1. The van der Waals surface area contributed by atoms with Gasteiger partial charge in [0.15, 0.2) is 0 Å². The second-order valence-corrected chi connectivity index (χ2v) is 5.43. The van der Waals surface area contributed by atoms with E-state index in [1.54, 1.807) is 0 Å². The van der Waals surface area contributed by atoms with Crippen molar-refractivity contribution in [1.29, 1.82) is 0 Å². The van der Waals surface area contributed by atoms with Crippen LogP contribution in [-0.2, 0) is 17.9 Å². The van der Waals surface area contributed by atoms with Crippen LogP contribution in [0, 0.1) is 6.92 Å². The Hall–Kier alpha value is -1.59. The molecule has 0 fully saturated rings. The van der Waals surface area contributed by atoms with Gasteiger partial charge >= 0.3 is 0 Å². The van der Waals surface area contributed by atoms with Crippen LogP contribution >= 0.6 is 12.4 Å². The van der Waals surface area contributed by atoms with Gasteiger partial charge in [0.1, 0.15) is 12.4 Å². The number of rotatable bonds is 10. The van der Waals surface area contributed by atoms with Crippen LogP contribution in [0.2, 0.25) is 0 Å². The molecular weight excluding hydrogens is 326 g/mol. The molecule has 2 N–H and O–H groups in total. The molecule has 0 heterocycles. The van der Waals surface area contributed by atoms with Gasteiger partial charge in [0, 0.05) is 13.1 Å². The molecule has 0 unspecified atom stereocenters. The minimum absolute atomic E-state index is 0. The molecule has 0 saturated heterocycles. The molecule has 0 atom stereocenters. The lowest BCUT2D eigenvalue weighted by atomic mass is 10.2. The van der Waals surface area contributed by atoms with Gasteiger partial charge in [-0.3, -0.25) is 0 Å². The number of aliphatic hydroxyl groups is 1. The molecule has 0 aliphatic rings. The molecule has 5 heteroatoms. The molecule has 2 rings (SSSR count). The fourth-order valence-electron chi connectivity index (χ4n) is 2.10. The highest BCUT2D eigenvalue weighted by molar-refractivity contribution is 5.85. The van der Waals surface area contributed by atoms with Crippen LogP contribution in [-0.4, -0.2) is 31.5 Å². The molecule has 24 heavy (non-hydrogen) atoms. The van der Waals surface area contributed by atoms with E-state index in [4.69, 9.17) is 14.6 Å². The zero-order valence-electron chi connectivity index (χ0n) is 14.0. The predicted octanol–water partition coefficient (Wildman–Crippen LogP) is 3.09. The highest BCUT2D eigenvalue weighted by atomic mass is 35.5. The number of aliphatic hydroxyl groups excluding tert-OH is 1. The zero-order chi connectivity index (χ0) is 16.3. The normalized spacial score (nSPS) is 10.2. The smallest absolute Gasteiger partial charge is 0.119 e. The SMILES string of the molecule is Cc1ccc(COc2ccc(CNCCOCCO)cc2)cc1.Cl. The van der Waals surface area contributed by atoms with E-state index in [0.717, 1.165) is 18.8 Å². The van der Waals surface area contributed by atoms with E-state index in [1.165, 1.54) is 16.7 Å². The summed E-state index contributed by atoms with van der Waals surface area (Å²) in [5.41, 5.74) is 3.63. The molecular formula is C19H26ClNO3. The van der Waals surface area contributed by atoms with Crippen molar-refractivity contribution < 1.29 is 14.6 Å². The van der Waals surface area contributed by atoms with Crippen molar-refractivity contribution in [2.75, 3.05) is 26.4 Å². The van der Waals surface area contributed by atoms with Crippen LogP contribution in [0.4, 0.5) is 0 Å². The summed E-state index contributed by atoms with van der Waals surface area (Å²) in [5.74, 6) is 0.876. The summed E-state index contributed by atoms with van der Waals surface area (Å²) in [6, 6.07) is 16.5. The first-order valence-electron chi connectivity index (χ1n) is 7.94. The third-order valence-electron chi connectivity index (χ3n) is 3.44. The summed E-state index contributed by atoms with van der Waals surface area (Å²) < 4.78 is 11.0. The first kappa shape index (κ1) is 20.5. The van der Waals surface area contributed by atoms with Gasteiger partial charge in [-0.15, -0.1) is 12.4 Å². The van der Waals surface area contributed by atoms with Crippen LogP contribution < -0.4 is 10.1 Å². The molecule has 2 aromatic rings. The summed E-state index contributed by atoms with van der Waals surface area (Å²) in [5, 5.41) is 11.9. The van der Waals surface area contributed by atoms with Crippen molar-refractivity contribution >= 4 is 12.4 Å². The van der Waals surface area contributed by atoms with E-state index in [9.17, 15) is 0 Å². The Kier molecular flexibility index (Phi) is 10.1. The number of halogens is 1. The van der Waals surface area contributed by atoms with E-state index in [2.05, 4.69) is 48.6 Å².